The van der Waals surface area contributed by atoms with Crippen LogP contribution < -0.4 is 5.32 Å². The molecule has 0 aliphatic rings. The van der Waals surface area contributed by atoms with Crippen LogP contribution in [0.15, 0.2) is 36.9 Å². The van der Waals surface area contributed by atoms with Crippen LogP contribution >= 0.6 is 0 Å². The van der Waals surface area contributed by atoms with Gasteiger partial charge in [0, 0.05) is 6.42 Å². The fourth-order valence-corrected chi connectivity index (χ4v) is 1.22. The molecule has 0 bridgehead atoms. The first kappa shape index (κ1) is 12.0. The fraction of sp³-hybridized carbons (Fsp3) is 0.167. The quantitative estimate of drug-likeness (QED) is 0.746. The lowest BCUT2D eigenvalue weighted by Gasteiger charge is -2.02. The second-order valence-corrected chi connectivity index (χ2v) is 3.29. The first-order chi connectivity index (χ1) is 7.61. The van der Waals surface area contributed by atoms with Crippen LogP contribution in [-0.4, -0.2) is 16.9 Å². The van der Waals surface area contributed by atoms with Crippen LogP contribution in [0.3, 0.4) is 0 Å². The highest BCUT2D eigenvalue weighted by molar-refractivity contribution is 6.00. The highest BCUT2D eigenvalue weighted by Gasteiger charge is 2.05. The second kappa shape index (κ2) is 5.70. The van der Waals surface area contributed by atoms with Crippen molar-refractivity contribution in [3.05, 3.63) is 42.5 Å². The van der Waals surface area contributed by atoms with E-state index < -0.39 is 5.91 Å². The van der Waals surface area contributed by atoms with Gasteiger partial charge in [0.25, 0.3) is 0 Å². The van der Waals surface area contributed by atoms with Crippen LogP contribution in [-0.2, 0) is 16.0 Å². The summed E-state index contributed by atoms with van der Waals surface area (Å²) in [4.78, 5) is 22.0. The molecule has 1 aromatic rings. The van der Waals surface area contributed by atoms with Crippen molar-refractivity contribution in [1.29, 1.82) is 0 Å². The average Bonchev–Trinajstić information content (AvgIpc) is 2.26. The van der Waals surface area contributed by atoms with E-state index >= 15 is 0 Å². The molecule has 16 heavy (non-hydrogen) atoms. The maximum atomic E-state index is 11.2. The van der Waals surface area contributed by atoms with E-state index in [2.05, 4.69) is 11.9 Å². The summed E-state index contributed by atoms with van der Waals surface area (Å²) >= 11 is 0. The van der Waals surface area contributed by atoms with Crippen LogP contribution in [0, 0.1) is 0 Å². The maximum absolute atomic E-state index is 11.2. The number of nitrogens with one attached hydrogen (secondary N) is 1. The Morgan fingerprint density at radius 1 is 1.44 bits per heavy atom. The lowest BCUT2D eigenvalue weighted by molar-refractivity contribution is -0.127. The third kappa shape index (κ3) is 3.96. The second-order valence-electron chi connectivity index (χ2n) is 3.29. The monoisotopic (exact) mass is 219 g/mol. The van der Waals surface area contributed by atoms with Crippen molar-refractivity contribution in [3.8, 4) is 5.75 Å². The molecule has 0 atom stereocenters. The normalized spacial score (nSPS) is 9.50. The molecular formula is C12H13NO3. The number of rotatable bonds is 4. The molecule has 0 saturated heterocycles. The van der Waals surface area contributed by atoms with Gasteiger partial charge in [0.2, 0.25) is 11.8 Å². The molecule has 0 saturated carbocycles. The molecule has 1 aromatic carbocycles. The van der Waals surface area contributed by atoms with Crippen molar-refractivity contribution in [3.63, 3.8) is 0 Å². The van der Waals surface area contributed by atoms with Crippen molar-refractivity contribution in [2.75, 3.05) is 0 Å². The first-order valence-corrected chi connectivity index (χ1v) is 4.86. The van der Waals surface area contributed by atoms with Gasteiger partial charge in [0.1, 0.15) is 5.75 Å². The van der Waals surface area contributed by atoms with Crippen LogP contribution in [0.5, 0.6) is 5.75 Å². The van der Waals surface area contributed by atoms with Gasteiger partial charge in [-0.15, -0.1) is 0 Å². The molecule has 0 heterocycles. The van der Waals surface area contributed by atoms with Crippen LogP contribution in [0.2, 0.25) is 0 Å². The number of aromatic hydroxyl groups is 1. The highest BCUT2D eigenvalue weighted by Crippen LogP contribution is 2.12. The van der Waals surface area contributed by atoms with Crippen molar-refractivity contribution >= 4 is 11.8 Å². The Kier molecular flexibility index (Phi) is 4.27. The Morgan fingerprint density at radius 3 is 2.81 bits per heavy atom. The average molecular weight is 219 g/mol. The number of hydrogen-bond acceptors (Lipinski definition) is 3. The summed E-state index contributed by atoms with van der Waals surface area (Å²) in [6.45, 7) is 3.25. The van der Waals surface area contributed by atoms with E-state index in [1.165, 1.54) is 0 Å². The summed E-state index contributed by atoms with van der Waals surface area (Å²) in [5, 5.41) is 11.3. The van der Waals surface area contributed by atoms with E-state index in [9.17, 15) is 14.7 Å². The minimum atomic E-state index is -0.499. The lowest BCUT2D eigenvalue weighted by atomic mass is 10.1. The summed E-state index contributed by atoms with van der Waals surface area (Å²) < 4.78 is 0. The summed E-state index contributed by atoms with van der Waals surface area (Å²) in [6.07, 6.45) is 1.72. The molecule has 0 aromatic heterocycles. The summed E-state index contributed by atoms with van der Waals surface area (Å²) in [7, 11) is 0. The SMILES string of the molecule is C=CC(=O)NC(=O)CCc1cccc(O)c1. The number of carbonyl (C=O) groups is 2. The topological polar surface area (TPSA) is 66.4 Å². The number of phenols is 1. The van der Waals surface area contributed by atoms with Crippen LogP contribution in [0.25, 0.3) is 0 Å². The van der Waals surface area contributed by atoms with Gasteiger partial charge in [-0.25, -0.2) is 0 Å². The minimum absolute atomic E-state index is 0.167. The van der Waals surface area contributed by atoms with Gasteiger partial charge in [-0.05, 0) is 30.2 Å². The van der Waals surface area contributed by atoms with Crippen molar-refractivity contribution < 1.29 is 14.7 Å². The standard InChI is InChI=1S/C12H13NO3/c1-2-11(15)13-12(16)7-6-9-4-3-5-10(14)8-9/h2-5,8,14H,1,6-7H2,(H,13,15,16). The number of hydrogen-bond donors (Lipinski definition) is 2. The van der Waals surface area contributed by atoms with Crippen molar-refractivity contribution in [2.24, 2.45) is 0 Å². The molecular weight excluding hydrogens is 206 g/mol. The number of aryl methyl sites for hydroxylation is 1. The lowest BCUT2D eigenvalue weighted by Crippen LogP contribution is -2.28. The molecule has 0 aliphatic heterocycles. The van der Waals surface area contributed by atoms with Crippen molar-refractivity contribution in [2.45, 2.75) is 12.8 Å². The molecule has 0 unspecified atom stereocenters. The number of amides is 2. The smallest absolute Gasteiger partial charge is 0.249 e. The van der Waals surface area contributed by atoms with E-state index in [1.807, 2.05) is 6.07 Å². The molecule has 4 nitrogen and oxygen atoms in total. The maximum Gasteiger partial charge on any atom is 0.249 e. The highest BCUT2D eigenvalue weighted by atomic mass is 16.3. The summed E-state index contributed by atoms with van der Waals surface area (Å²) in [5.74, 6) is -0.686. The van der Waals surface area contributed by atoms with Gasteiger partial charge in [-0.1, -0.05) is 18.7 Å². The Labute approximate surface area is 93.6 Å². The largest absolute Gasteiger partial charge is 0.508 e. The van der Waals surface area contributed by atoms with E-state index in [0.29, 0.717) is 6.42 Å². The summed E-state index contributed by atoms with van der Waals surface area (Å²) in [5.41, 5.74) is 0.848. The van der Waals surface area contributed by atoms with Gasteiger partial charge in [-0.2, -0.15) is 0 Å². The number of phenolic OH excluding ortho intramolecular Hbond substituents is 1. The number of imide groups is 1. The zero-order valence-corrected chi connectivity index (χ0v) is 8.77. The Morgan fingerprint density at radius 2 is 2.19 bits per heavy atom. The minimum Gasteiger partial charge on any atom is -0.508 e. The van der Waals surface area contributed by atoms with Gasteiger partial charge in [-0.3, -0.25) is 14.9 Å². The number of carbonyl (C=O) groups excluding carboxylic acids is 2. The fourth-order valence-electron chi connectivity index (χ4n) is 1.22. The molecule has 84 valence electrons. The predicted molar refractivity (Wildman–Crippen MR) is 59.8 cm³/mol. The van der Waals surface area contributed by atoms with Crippen LogP contribution in [0.4, 0.5) is 0 Å². The molecule has 2 amide bonds. The molecule has 0 aliphatic carbocycles. The number of benzene rings is 1. The van der Waals surface area contributed by atoms with E-state index in [1.54, 1.807) is 18.2 Å². The van der Waals surface area contributed by atoms with Crippen molar-refractivity contribution in [1.82, 2.24) is 5.32 Å². The Balaban J connectivity index is 2.43. The zero-order chi connectivity index (χ0) is 12.0. The summed E-state index contributed by atoms with van der Waals surface area (Å²) in [6, 6.07) is 6.66. The Bertz CT molecular complexity index is 412. The molecule has 4 heteroatoms. The third-order valence-electron chi connectivity index (χ3n) is 2.00. The van der Waals surface area contributed by atoms with Gasteiger partial charge in [0.05, 0.1) is 0 Å². The van der Waals surface area contributed by atoms with Gasteiger partial charge in [0.15, 0.2) is 0 Å². The van der Waals surface area contributed by atoms with Gasteiger partial charge >= 0.3 is 0 Å². The van der Waals surface area contributed by atoms with Gasteiger partial charge < -0.3 is 5.11 Å². The third-order valence-corrected chi connectivity index (χ3v) is 2.00. The first-order valence-electron chi connectivity index (χ1n) is 4.86. The zero-order valence-electron chi connectivity index (χ0n) is 8.77. The molecule has 0 fully saturated rings. The molecule has 2 N–H and O–H groups in total. The van der Waals surface area contributed by atoms with E-state index in [0.717, 1.165) is 11.6 Å². The Hall–Kier alpha value is -2.10. The molecule has 0 radical (unpaired) electrons. The van der Waals surface area contributed by atoms with Crippen LogP contribution in [0.1, 0.15) is 12.0 Å². The van der Waals surface area contributed by atoms with E-state index in [4.69, 9.17) is 0 Å². The molecule has 1 rings (SSSR count). The molecule has 0 spiro atoms. The van der Waals surface area contributed by atoms with E-state index in [-0.39, 0.29) is 18.1 Å². The predicted octanol–water partition coefficient (Wildman–Crippen LogP) is 1.15.